The van der Waals surface area contributed by atoms with Crippen LogP contribution in [0.5, 0.6) is 0 Å². The number of imide groups is 4. The molecule has 16 heteroatoms. The molecule has 16 nitrogen and oxygen atoms in total. The highest BCUT2D eigenvalue weighted by Gasteiger charge is 2.52. The summed E-state index contributed by atoms with van der Waals surface area (Å²) in [7, 11) is 0. The van der Waals surface area contributed by atoms with Crippen LogP contribution in [0.2, 0.25) is 0 Å². The van der Waals surface area contributed by atoms with Crippen LogP contribution >= 0.6 is 0 Å². The number of anilines is 8. The Bertz CT molecular complexity index is 3970. The number of fused-ring (bicyclic) bond motifs is 8. The minimum Gasteiger partial charge on any atom is -0.378 e. The van der Waals surface area contributed by atoms with Crippen molar-refractivity contribution in [1.82, 2.24) is 0 Å². The van der Waals surface area contributed by atoms with Crippen LogP contribution in [0.1, 0.15) is 134 Å². The molecule has 8 aromatic carbocycles. The number of carbonyl (C=O) groups excluding carboxylic acids is 8. The molecular formula is C64H46N8O8. The van der Waals surface area contributed by atoms with Gasteiger partial charge in [0.2, 0.25) is 0 Å². The van der Waals surface area contributed by atoms with E-state index in [4.69, 9.17) is 0 Å². The number of hydrogen-bond donors (Lipinski definition) is 4. The van der Waals surface area contributed by atoms with Crippen molar-refractivity contribution < 1.29 is 38.4 Å². The number of nitrogens with zero attached hydrogens (tertiary/aromatic N) is 4. The largest absolute Gasteiger partial charge is 0.378 e. The molecular weight excluding hydrogens is 1010 g/mol. The maximum atomic E-state index is 16.2. The summed E-state index contributed by atoms with van der Waals surface area (Å²) in [5, 5.41) is 15.0. The van der Waals surface area contributed by atoms with Gasteiger partial charge in [0.1, 0.15) is 0 Å². The molecule has 2 fully saturated rings. The minimum absolute atomic E-state index is 0.0171. The highest BCUT2D eigenvalue weighted by Crippen LogP contribution is 2.56. The Balaban J connectivity index is 1.09. The third kappa shape index (κ3) is 6.09. The van der Waals surface area contributed by atoms with Crippen LogP contribution in [0.4, 0.5) is 45.5 Å². The molecule has 8 aliphatic rings. The third-order valence-corrected chi connectivity index (χ3v) is 17.7. The average Bonchev–Trinajstić information content (AvgIpc) is 2.27. The van der Waals surface area contributed by atoms with Gasteiger partial charge in [-0.1, -0.05) is 98.5 Å². The van der Waals surface area contributed by atoms with Crippen molar-refractivity contribution in [3.05, 3.63) is 178 Å². The summed E-state index contributed by atoms with van der Waals surface area (Å²) in [6.45, 7) is 0. The van der Waals surface area contributed by atoms with E-state index in [-0.39, 0.29) is 124 Å². The molecule has 2 aliphatic carbocycles. The first-order valence-corrected chi connectivity index (χ1v) is 27.3. The quantitative estimate of drug-likeness (QED) is 0.119. The van der Waals surface area contributed by atoms with Gasteiger partial charge in [0.15, 0.2) is 0 Å². The molecule has 0 spiro atoms. The minimum atomic E-state index is -0.820. The zero-order valence-electron chi connectivity index (χ0n) is 42.7. The molecule has 8 amide bonds. The second-order valence-electron chi connectivity index (χ2n) is 21.9. The SMILES string of the molecule is O=C1c2cc(-c3cc4c5c(c6c(c7c5c3C(=O)N(c3ccccc3)C7=O)NC3CCCCC3N6)C(=O)N(c3ccccc3)C4=O)c3c4c(c5c(c(c24)C(=O)N1c1ccccc1)NC1CCCCC1N5)C(=O)N(c1ccccc1)C3=O. The standard InChI is InChI=1S/C64H46N8O8/c73-57-37-29-35(45-47-43(37)49(61(77)69(57)31-17-5-1-6-18-31)53-55(67-41-27-15-13-25-39(41)65-53)51(47)63(79)71(59(45)75)33-21-9-3-10-22-33)36-30-38-44-48-46(36)60(76)72(34-23-11-4-12-24-34)64(80)52(48)56-54(66-40-26-14-16-28-42(40)68-56)50(44)62(78)70(58(38)74)32-19-7-2-8-20-32/h1-12,17-24,29-30,39-42,65-68H,13-16,25-28H2. The highest BCUT2D eigenvalue weighted by atomic mass is 16.2. The second-order valence-corrected chi connectivity index (χ2v) is 21.9. The molecule has 6 aliphatic heterocycles. The Morgan fingerprint density at radius 2 is 0.512 bits per heavy atom. The van der Waals surface area contributed by atoms with Crippen molar-refractivity contribution in [3.8, 4) is 11.1 Å². The van der Waals surface area contributed by atoms with Gasteiger partial charge in [0.05, 0.1) is 78.9 Å². The van der Waals surface area contributed by atoms with Gasteiger partial charge >= 0.3 is 0 Å². The van der Waals surface area contributed by atoms with Crippen molar-refractivity contribution in [3.63, 3.8) is 0 Å². The number of hydrogen-bond acceptors (Lipinski definition) is 12. The van der Waals surface area contributed by atoms with Gasteiger partial charge < -0.3 is 21.3 Å². The third-order valence-electron chi connectivity index (χ3n) is 17.7. The van der Waals surface area contributed by atoms with Gasteiger partial charge in [-0.2, -0.15) is 0 Å². The Labute approximate surface area is 456 Å². The monoisotopic (exact) mass is 1050 g/mol. The number of amides is 8. The summed E-state index contributed by atoms with van der Waals surface area (Å²) in [5.74, 6) is -5.89. The molecule has 4 unspecified atom stereocenters. The van der Waals surface area contributed by atoms with Crippen molar-refractivity contribution >= 4 is 114 Å². The van der Waals surface area contributed by atoms with E-state index in [1.807, 2.05) is 0 Å². The van der Waals surface area contributed by atoms with E-state index in [2.05, 4.69) is 21.3 Å². The lowest BCUT2D eigenvalue weighted by Gasteiger charge is -2.44. The first kappa shape index (κ1) is 46.2. The van der Waals surface area contributed by atoms with Gasteiger partial charge in [0.25, 0.3) is 47.3 Å². The van der Waals surface area contributed by atoms with Crippen LogP contribution in [0.3, 0.4) is 0 Å². The summed E-state index contributed by atoms with van der Waals surface area (Å²) in [4.78, 5) is 131. The van der Waals surface area contributed by atoms with Gasteiger partial charge in [-0.15, -0.1) is 0 Å². The molecule has 4 atom stereocenters. The molecule has 390 valence electrons. The van der Waals surface area contributed by atoms with Crippen LogP contribution in [0, 0.1) is 0 Å². The van der Waals surface area contributed by atoms with Gasteiger partial charge in [-0.3, -0.25) is 38.4 Å². The summed E-state index contributed by atoms with van der Waals surface area (Å²) < 4.78 is 0. The number of rotatable bonds is 5. The summed E-state index contributed by atoms with van der Waals surface area (Å²) in [5.41, 5.74) is 2.19. The Kier molecular flexibility index (Phi) is 9.68. The van der Waals surface area contributed by atoms with Gasteiger partial charge in [-0.05, 0) is 97.5 Å². The smallest absolute Gasteiger partial charge is 0.268 e. The number of nitrogens with one attached hydrogen (secondary N) is 4. The molecule has 80 heavy (non-hydrogen) atoms. The number of carbonyl (C=O) groups is 8. The maximum absolute atomic E-state index is 16.2. The van der Waals surface area contributed by atoms with E-state index in [0.717, 1.165) is 71.0 Å². The fourth-order valence-electron chi connectivity index (χ4n) is 14.2. The lowest BCUT2D eigenvalue weighted by atomic mass is 9.75. The first-order chi connectivity index (χ1) is 39.1. The summed E-state index contributed by atoms with van der Waals surface area (Å²) in [6.07, 6.45) is 6.72. The lowest BCUT2D eigenvalue weighted by molar-refractivity contribution is 0.0873. The molecule has 4 N–H and O–H groups in total. The van der Waals surface area contributed by atoms with Crippen molar-refractivity contribution in [1.29, 1.82) is 0 Å². The van der Waals surface area contributed by atoms with E-state index in [0.29, 0.717) is 22.7 Å². The molecule has 6 heterocycles. The molecule has 0 radical (unpaired) electrons. The Hall–Kier alpha value is -9.96. The predicted octanol–water partition coefficient (Wildman–Crippen LogP) is 11.2. The fourth-order valence-corrected chi connectivity index (χ4v) is 14.2. The van der Waals surface area contributed by atoms with Crippen LogP contribution in [-0.4, -0.2) is 71.4 Å². The normalized spacial score (nSPS) is 21.4. The summed E-state index contributed by atoms with van der Waals surface area (Å²) >= 11 is 0. The van der Waals surface area contributed by atoms with Crippen molar-refractivity contribution in [2.24, 2.45) is 0 Å². The van der Waals surface area contributed by atoms with Gasteiger partial charge in [-0.25, -0.2) is 19.6 Å². The maximum Gasteiger partial charge on any atom is 0.268 e. The predicted molar refractivity (Wildman–Crippen MR) is 304 cm³/mol. The van der Waals surface area contributed by atoms with Crippen LogP contribution < -0.4 is 40.9 Å². The van der Waals surface area contributed by atoms with E-state index in [9.17, 15) is 0 Å². The van der Waals surface area contributed by atoms with Crippen LogP contribution in [0.15, 0.2) is 133 Å². The summed E-state index contributed by atoms with van der Waals surface area (Å²) in [6, 6.07) is 36.3. The molecule has 8 aromatic rings. The average molecular weight is 1060 g/mol. The van der Waals surface area contributed by atoms with Crippen LogP contribution in [-0.2, 0) is 0 Å². The van der Waals surface area contributed by atoms with E-state index in [1.165, 1.54) is 12.1 Å². The molecule has 2 saturated carbocycles. The first-order valence-electron chi connectivity index (χ1n) is 27.3. The van der Waals surface area contributed by atoms with Crippen molar-refractivity contribution in [2.75, 3.05) is 40.9 Å². The molecule has 16 rings (SSSR count). The van der Waals surface area contributed by atoms with Gasteiger partial charge in [0, 0.05) is 56.8 Å². The van der Waals surface area contributed by atoms with E-state index >= 15 is 38.4 Å². The highest BCUT2D eigenvalue weighted by molar-refractivity contribution is 6.49. The van der Waals surface area contributed by atoms with Crippen molar-refractivity contribution in [2.45, 2.75) is 75.5 Å². The zero-order chi connectivity index (χ0) is 54.0. The van der Waals surface area contributed by atoms with Crippen LogP contribution in [0.25, 0.3) is 32.7 Å². The lowest BCUT2D eigenvalue weighted by Crippen LogP contribution is -2.50. The number of benzene rings is 8. The topological polar surface area (TPSA) is 198 Å². The second kappa shape index (κ2) is 16.8. The molecule has 0 aromatic heterocycles. The fraction of sp³-hybridized carbons (Fsp3) is 0.188. The Morgan fingerprint density at radius 3 is 0.787 bits per heavy atom. The molecule has 0 saturated heterocycles. The van der Waals surface area contributed by atoms with E-state index < -0.39 is 47.3 Å². The van der Waals surface area contributed by atoms with E-state index in [1.54, 1.807) is 121 Å². The molecule has 0 bridgehead atoms. The zero-order valence-corrected chi connectivity index (χ0v) is 42.7. The Morgan fingerprint density at radius 1 is 0.275 bits per heavy atom. The number of para-hydroxylation sites is 4.